The van der Waals surface area contributed by atoms with E-state index in [0.29, 0.717) is 18.2 Å². The van der Waals surface area contributed by atoms with E-state index in [1.54, 1.807) is 24.3 Å². The number of aliphatic imine (C=N–C) groups is 1. The van der Waals surface area contributed by atoms with Gasteiger partial charge in [-0.15, -0.1) is 0 Å². The number of anilines is 1. The maximum absolute atomic E-state index is 12.1. The van der Waals surface area contributed by atoms with Crippen LogP contribution in [0.4, 0.5) is 5.69 Å². The van der Waals surface area contributed by atoms with Crippen molar-refractivity contribution in [2.75, 3.05) is 31.5 Å². The normalized spacial score (nSPS) is 17.9. The van der Waals surface area contributed by atoms with Crippen molar-refractivity contribution >= 4 is 21.7 Å². The van der Waals surface area contributed by atoms with E-state index < -0.39 is 10.0 Å². The molecule has 0 bridgehead atoms. The molecule has 2 N–H and O–H groups in total. The van der Waals surface area contributed by atoms with Gasteiger partial charge in [0.1, 0.15) is 4.90 Å². The summed E-state index contributed by atoms with van der Waals surface area (Å²) in [6.45, 7) is 8.09. The van der Waals surface area contributed by atoms with Crippen LogP contribution in [0.3, 0.4) is 0 Å². The van der Waals surface area contributed by atoms with Gasteiger partial charge in [0.25, 0.3) is 10.0 Å². The molecule has 0 aliphatic carbocycles. The third-order valence-corrected chi connectivity index (χ3v) is 5.10. The predicted molar refractivity (Wildman–Crippen MR) is 89.7 cm³/mol. The number of sulfonamides is 1. The monoisotopic (exact) mass is 324 g/mol. The summed E-state index contributed by atoms with van der Waals surface area (Å²) in [4.78, 5) is 6.95. The molecule has 6 nitrogen and oxygen atoms in total. The number of rotatable bonds is 7. The first-order valence-corrected chi connectivity index (χ1v) is 9.20. The zero-order valence-corrected chi connectivity index (χ0v) is 14.0. The highest BCUT2D eigenvalue weighted by atomic mass is 32.2. The van der Waals surface area contributed by atoms with Crippen molar-refractivity contribution in [1.82, 2.24) is 9.62 Å². The van der Waals surface area contributed by atoms with Crippen LogP contribution < -0.4 is 10.0 Å². The van der Waals surface area contributed by atoms with Crippen molar-refractivity contribution in [3.63, 3.8) is 0 Å². The third kappa shape index (κ3) is 4.20. The molecule has 0 unspecified atom stereocenters. The van der Waals surface area contributed by atoms with E-state index in [4.69, 9.17) is 0 Å². The minimum absolute atomic E-state index is 0.260. The number of para-hydroxylation sites is 1. The molecule has 1 heterocycles. The fourth-order valence-corrected chi connectivity index (χ4v) is 3.54. The first kappa shape index (κ1) is 16.8. The molecular formula is C15H24N4O2S. The Kier molecular flexibility index (Phi) is 5.79. The molecule has 0 radical (unpaired) electrons. The highest BCUT2D eigenvalue weighted by Gasteiger charge is 2.25. The molecule has 7 heteroatoms. The van der Waals surface area contributed by atoms with Crippen LogP contribution in [0.1, 0.15) is 26.7 Å². The molecule has 0 spiro atoms. The van der Waals surface area contributed by atoms with Crippen LogP contribution in [0.25, 0.3) is 0 Å². The molecule has 1 aliphatic rings. The molecule has 1 aliphatic heterocycles. The summed E-state index contributed by atoms with van der Waals surface area (Å²) < 4.78 is 26.7. The number of nitrogens with one attached hydrogen (secondary N) is 2. The lowest BCUT2D eigenvalue weighted by Gasteiger charge is -2.21. The number of guanidine groups is 1. The van der Waals surface area contributed by atoms with Crippen LogP contribution in [0.2, 0.25) is 0 Å². The zero-order chi connectivity index (χ0) is 16.0. The average Bonchev–Trinajstić information content (AvgIpc) is 2.50. The minimum Gasteiger partial charge on any atom is -0.324 e. The molecule has 1 aromatic carbocycles. The number of hydrogen-bond donors (Lipinski definition) is 2. The first-order valence-electron chi connectivity index (χ1n) is 7.72. The van der Waals surface area contributed by atoms with Gasteiger partial charge in [-0.05, 0) is 44.6 Å². The Labute approximate surface area is 132 Å². The molecule has 0 saturated carbocycles. The second-order valence-corrected chi connectivity index (χ2v) is 6.84. The Hall–Kier alpha value is -1.60. The quantitative estimate of drug-likeness (QED) is 0.751. The summed E-state index contributed by atoms with van der Waals surface area (Å²) in [6.07, 6.45) is 1.99. The molecule has 0 fully saturated rings. The van der Waals surface area contributed by atoms with E-state index in [1.165, 1.54) is 0 Å². The lowest BCUT2D eigenvalue weighted by molar-refractivity contribution is 0.298. The lowest BCUT2D eigenvalue weighted by atomic mass is 10.3. The van der Waals surface area contributed by atoms with Crippen LogP contribution in [-0.2, 0) is 10.0 Å². The SMILES string of the molecule is CCN(CC)CCCCN=C1Nc2ccccc2S(=O)(=O)N1. The van der Waals surface area contributed by atoms with E-state index in [2.05, 4.69) is 33.8 Å². The van der Waals surface area contributed by atoms with Crippen LogP contribution in [-0.4, -0.2) is 45.5 Å². The summed E-state index contributed by atoms with van der Waals surface area (Å²) in [5.41, 5.74) is 0.572. The van der Waals surface area contributed by atoms with Crippen LogP contribution in [0.5, 0.6) is 0 Å². The van der Waals surface area contributed by atoms with Gasteiger partial charge in [0.05, 0.1) is 5.69 Å². The van der Waals surface area contributed by atoms with Crippen LogP contribution >= 0.6 is 0 Å². The molecular weight excluding hydrogens is 300 g/mol. The smallest absolute Gasteiger partial charge is 0.266 e. The predicted octanol–water partition coefficient (Wildman–Crippen LogP) is 1.87. The molecule has 22 heavy (non-hydrogen) atoms. The standard InChI is InChI=1S/C15H24N4O2S/c1-3-19(4-2)12-8-7-11-16-15-17-13-9-5-6-10-14(13)22(20,21)18-15/h5-6,9-10H,3-4,7-8,11-12H2,1-2H3,(H2,16,17,18). The highest BCUT2D eigenvalue weighted by molar-refractivity contribution is 7.90. The summed E-state index contributed by atoms with van der Waals surface area (Å²) >= 11 is 0. The van der Waals surface area contributed by atoms with Gasteiger partial charge in [0, 0.05) is 6.54 Å². The Morgan fingerprint density at radius 2 is 1.86 bits per heavy atom. The fraction of sp³-hybridized carbons (Fsp3) is 0.533. The van der Waals surface area contributed by atoms with E-state index in [0.717, 1.165) is 32.5 Å². The Bertz CT molecular complexity index is 624. The Balaban J connectivity index is 1.89. The van der Waals surface area contributed by atoms with Gasteiger partial charge in [-0.2, -0.15) is 0 Å². The highest BCUT2D eigenvalue weighted by Crippen LogP contribution is 2.23. The van der Waals surface area contributed by atoms with Crippen molar-refractivity contribution in [2.45, 2.75) is 31.6 Å². The largest absolute Gasteiger partial charge is 0.324 e. The number of hydrogen-bond acceptors (Lipinski definition) is 4. The van der Waals surface area contributed by atoms with E-state index in [9.17, 15) is 8.42 Å². The van der Waals surface area contributed by atoms with Crippen molar-refractivity contribution in [3.05, 3.63) is 24.3 Å². The zero-order valence-electron chi connectivity index (χ0n) is 13.2. The Morgan fingerprint density at radius 3 is 2.59 bits per heavy atom. The minimum atomic E-state index is -3.51. The fourth-order valence-electron chi connectivity index (χ4n) is 2.39. The maximum Gasteiger partial charge on any atom is 0.266 e. The second-order valence-electron chi connectivity index (χ2n) is 5.19. The second kappa shape index (κ2) is 7.60. The molecule has 0 saturated heterocycles. The molecule has 1 aromatic rings. The van der Waals surface area contributed by atoms with Gasteiger partial charge >= 0.3 is 0 Å². The van der Waals surface area contributed by atoms with E-state index in [1.807, 2.05) is 0 Å². The number of unbranched alkanes of at least 4 members (excludes halogenated alkanes) is 1. The molecule has 0 atom stereocenters. The number of nitrogens with zero attached hydrogens (tertiary/aromatic N) is 2. The van der Waals surface area contributed by atoms with Crippen molar-refractivity contribution in [2.24, 2.45) is 4.99 Å². The molecule has 2 rings (SSSR count). The summed E-state index contributed by atoms with van der Waals surface area (Å²) in [7, 11) is -3.51. The van der Waals surface area contributed by atoms with Gasteiger partial charge in [0.15, 0.2) is 0 Å². The van der Waals surface area contributed by atoms with Crippen molar-refractivity contribution in [1.29, 1.82) is 0 Å². The van der Waals surface area contributed by atoms with Gasteiger partial charge in [0.2, 0.25) is 5.96 Å². The van der Waals surface area contributed by atoms with Crippen molar-refractivity contribution in [3.8, 4) is 0 Å². The van der Waals surface area contributed by atoms with Gasteiger partial charge in [-0.3, -0.25) is 4.99 Å². The first-order chi connectivity index (χ1) is 10.6. The molecule has 0 amide bonds. The molecule has 122 valence electrons. The summed E-state index contributed by atoms with van der Waals surface area (Å²) in [5.74, 6) is 0.307. The lowest BCUT2D eigenvalue weighted by Crippen LogP contribution is -2.40. The van der Waals surface area contributed by atoms with E-state index in [-0.39, 0.29) is 4.90 Å². The third-order valence-electron chi connectivity index (χ3n) is 3.71. The summed E-state index contributed by atoms with van der Waals surface area (Å²) in [5, 5.41) is 3.02. The van der Waals surface area contributed by atoms with Crippen LogP contribution in [0.15, 0.2) is 34.2 Å². The van der Waals surface area contributed by atoms with Gasteiger partial charge < -0.3 is 10.2 Å². The number of fused-ring (bicyclic) bond motifs is 1. The van der Waals surface area contributed by atoms with Crippen molar-refractivity contribution < 1.29 is 8.42 Å². The average molecular weight is 324 g/mol. The topological polar surface area (TPSA) is 73.8 Å². The Morgan fingerprint density at radius 1 is 1.14 bits per heavy atom. The van der Waals surface area contributed by atoms with E-state index >= 15 is 0 Å². The maximum atomic E-state index is 12.1. The van der Waals surface area contributed by atoms with Gasteiger partial charge in [-0.1, -0.05) is 26.0 Å². The van der Waals surface area contributed by atoms with Gasteiger partial charge in [-0.25, -0.2) is 13.1 Å². The number of benzene rings is 1. The van der Waals surface area contributed by atoms with Crippen LogP contribution in [0, 0.1) is 0 Å². The summed E-state index contributed by atoms with van der Waals surface area (Å²) in [6, 6.07) is 6.82. The molecule has 0 aromatic heterocycles.